The van der Waals surface area contributed by atoms with Gasteiger partial charge in [-0.25, -0.2) is 0 Å². The fraction of sp³-hybridized carbons (Fsp3) is 0.667. The fourth-order valence-corrected chi connectivity index (χ4v) is 2.77. The molecule has 1 aliphatic rings. The molecule has 0 saturated carbocycles. The van der Waals surface area contributed by atoms with Crippen LogP contribution in [0.25, 0.3) is 0 Å². The molecule has 0 unspecified atom stereocenters. The Hall–Kier alpha value is -0.900. The SMILES string of the molecule is CC(C)CNCCc1ccccc1CN1CCCOCC1. The largest absolute Gasteiger partial charge is 0.380 e. The van der Waals surface area contributed by atoms with E-state index in [9.17, 15) is 0 Å². The van der Waals surface area contributed by atoms with Gasteiger partial charge in [0.2, 0.25) is 0 Å². The van der Waals surface area contributed by atoms with Crippen molar-refractivity contribution in [2.24, 2.45) is 5.92 Å². The van der Waals surface area contributed by atoms with Crippen molar-refractivity contribution < 1.29 is 4.74 Å². The number of hydrogen-bond donors (Lipinski definition) is 1. The van der Waals surface area contributed by atoms with Gasteiger partial charge in [0.05, 0.1) is 6.61 Å². The molecule has 21 heavy (non-hydrogen) atoms. The van der Waals surface area contributed by atoms with Crippen LogP contribution in [-0.2, 0) is 17.7 Å². The maximum Gasteiger partial charge on any atom is 0.0593 e. The van der Waals surface area contributed by atoms with Crippen molar-refractivity contribution in [2.75, 3.05) is 39.4 Å². The molecular weight excluding hydrogens is 260 g/mol. The zero-order chi connectivity index (χ0) is 14.9. The number of nitrogens with zero attached hydrogens (tertiary/aromatic N) is 1. The molecule has 1 heterocycles. The molecular formula is C18H30N2O. The highest BCUT2D eigenvalue weighted by Crippen LogP contribution is 2.13. The van der Waals surface area contributed by atoms with Crippen molar-refractivity contribution in [3.63, 3.8) is 0 Å². The Morgan fingerprint density at radius 1 is 1.14 bits per heavy atom. The lowest BCUT2D eigenvalue weighted by molar-refractivity contribution is 0.140. The Morgan fingerprint density at radius 2 is 1.95 bits per heavy atom. The Bertz CT molecular complexity index is 398. The van der Waals surface area contributed by atoms with Gasteiger partial charge in [-0.3, -0.25) is 4.90 Å². The van der Waals surface area contributed by atoms with E-state index in [1.807, 2.05) is 0 Å². The molecule has 0 radical (unpaired) electrons. The number of nitrogens with one attached hydrogen (secondary N) is 1. The van der Waals surface area contributed by atoms with E-state index < -0.39 is 0 Å². The Balaban J connectivity index is 1.86. The topological polar surface area (TPSA) is 24.5 Å². The van der Waals surface area contributed by atoms with Crippen LogP contribution in [0.2, 0.25) is 0 Å². The summed E-state index contributed by atoms with van der Waals surface area (Å²) in [6, 6.07) is 8.88. The van der Waals surface area contributed by atoms with E-state index in [-0.39, 0.29) is 0 Å². The summed E-state index contributed by atoms with van der Waals surface area (Å²) in [5, 5.41) is 3.54. The quantitative estimate of drug-likeness (QED) is 0.782. The van der Waals surface area contributed by atoms with Gasteiger partial charge in [-0.1, -0.05) is 38.1 Å². The first-order valence-electron chi connectivity index (χ1n) is 8.33. The van der Waals surface area contributed by atoms with Crippen molar-refractivity contribution in [3.8, 4) is 0 Å². The van der Waals surface area contributed by atoms with Gasteiger partial charge in [0, 0.05) is 26.2 Å². The predicted molar refractivity (Wildman–Crippen MR) is 88.6 cm³/mol. The highest BCUT2D eigenvalue weighted by atomic mass is 16.5. The number of benzene rings is 1. The standard InChI is InChI=1S/C18H30N2O/c1-16(2)14-19-9-8-17-6-3-4-7-18(17)15-20-10-5-12-21-13-11-20/h3-4,6-7,16,19H,5,8-15H2,1-2H3. The highest BCUT2D eigenvalue weighted by Gasteiger charge is 2.11. The smallest absolute Gasteiger partial charge is 0.0593 e. The summed E-state index contributed by atoms with van der Waals surface area (Å²) < 4.78 is 5.54. The minimum atomic E-state index is 0.720. The number of rotatable bonds is 7. The van der Waals surface area contributed by atoms with Crippen LogP contribution in [0, 0.1) is 5.92 Å². The molecule has 118 valence electrons. The Kier molecular flexibility index (Phi) is 7.20. The van der Waals surface area contributed by atoms with Crippen LogP contribution in [0.4, 0.5) is 0 Å². The van der Waals surface area contributed by atoms with Gasteiger partial charge < -0.3 is 10.1 Å². The minimum Gasteiger partial charge on any atom is -0.380 e. The van der Waals surface area contributed by atoms with Crippen molar-refractivity contribution in [3.05, 3.63) is 35.4 Å². The number of hydrogen-bond acceptors (Lipinski definition) is 3. The summed E-state index contributed by atoms with van der Waals surface area (Å²) in [6.45, 7) is 11.7. The summed E-state index contributed by atoms with van der Waals surface area (Å²) in [7, 11) is 0. The molecule has 3 heteroatoms. The van der Waals surface area contributed by atoms with Crippen LogP contribution in [-0.4, -0.2) is 44.3 Å². The second-order valence-electron chi connectivity index (χ2n) is 6.36. The lowest BCUT2D eigenvalue weighted by Crippen LogP contribution is -2.27. The number of ether oxygens (including phenoxy) is 1. The van der Waals surface area contributed by atoms with E-state index in [1.54, 1.807) is 0 Å². The Morgan fingerprint density at radius 3 is 2.76 bits per heavy atom. The van der Waals surface area contributed by atoms with Crippen molar-refractivity contribution in [1.82, 2.24) is 10.2 Å². The van der Waals surface area contributed by atoms with E-state index in [4.69, 9.17) is 4.74 Å². The monoisotopic (exact) mass is 290 g/mol. The van der Waals surface area contributed by atoms with Gasteiger partial charge in [-0.2, -0.15) is 0 Å². The summed E-state index contributed by atoms with van der Waals surface area (Å²) >= 11 is 0. The average molecular weight is 290 g/mol. The molecule has 0 atom stereocenters. The van der Waals surface area contributed by atoms with Crippen molar-refractivity contribution >= 4 is 0 Å². The third kappa shape index (κ3) is 6.16. The molecule has 1 fully saturated rings. The molecule has 1 N–H and O–H groups in total. The second-order valence-corrected chi connectivity index (χ2v) is 6.36. The molecule has 0 bridgehead atoms. The predicted octanol–water partition coefficient (Wildman–Crippen LogP) is 2.70. The van der Waals surface area contributed by atoms with E-state index in [0.29, 0.717) is 0 Å². The van der Waals surface area contributed by atoms with Crippen LogP contribution < -0.4 is 5.32 Å². The van der Waals surface area contributed by atoms with Gasteiger partial charge in [-0.15, -0.1) is 0 Å². The molecule has 0 spiro atoms. The average Bonchev–Trinajstić information content (AvgIpc) is 2.74. The fourth-order valence-electron chi connectivity index (χ4n) is 2.77. The zero-order valence-electron chi connectivity index (χ0n) is 13.6. The third-order valence-corrected chi connectivity index (χ3v) is 3.95. The van der Waals surface area contributed by atoms with Crippen LogP contribution in [0.1, 0.15) is 31.4 Å². The van der Waals surface area contributed by atoms with Crippen molar-refractivity contribution in [1.29, 1.82) is 0 Å². The first-order valence-corrected chi connectivity index (χ1v) is 8.33. The molecule has 1 aliphatic heterocycles. The lowest BCUT2D eigenvalue weighted by Gasteiger charge is -2.21. The van der Waals surface area contributed by atoms with E-state index in [1.165, 1.54) is 11.1 Å². The van der Waals surface area contributed by atoms with Crippen LogP contribution >= 0.6 is 0 Å². The molecule has 1 aromatic rings. The first-order chi connectivity index (χ1) is 10.3. The maximum atomic E-state index is 5.54. The van der Waals surface area contributed by atoms with Crippen LogP contribution in [0.15, 0.2) is 24.3 Å². The van der Waals surface area contributed by atoms with Gasteiger partial charge >= 0.3 is 0 Å². The molecule has 0 aliphatic carbocycles. The second kappa shape index (κ2) is 9.19. The summed E-state index contributed by atoms with van der Waals surface area (Å²) in [5.41, 5.74) is 2.96. The molecule has 0 amide bonds. The molecule has 3 nitrogen and oxygen atoms in total. The van der Waals surface area contributed by atoms with E-state index in [0.717, 1.165) is 64.7 Å². The van der Waals surface area contributed by atoms with Crippen LogP contribution in [0.3, 0.4) is 0 Å². The first kappa shape index (κ1) is 16.5. The summed E-state index contributed by atoms with van der Waals surface area (Å²) in [5.74, 6) is 0.720. The molecule has 1 saturated heterocycles. The van der Waals surface area contributed by atoms with Crippen LogP contribution in [0.5, 0.6) is 0 Å². The zero-order valence-corrected chi connectivity index (χ0v) is 13.6. The van der Waals surface area contributed by atoms with Gasteiger partial charge in [-0.05, 0) is 43.0 Å². The molecule has 0 aromatic heterocycles. The van der Waals surface area contributed by atoms with Gasteiger partial charge in [0.15, 0.2) is 0 Å². The van der Waals surface area contributed by atoms with E-state index >= 15 is 0 Å². The molecule has 2 rings (SSSR count). The van der Waals surface area contributed by atoms with Gasteiger partial charge in [0.1, 0.15) is 0 Å². The third-order valence-electron chi connectivity index (χ3n) is 3.95. The van der Waals surface area contributed by atoms with Crippen molar-refractivity contribution in [2.45, 2.75) is 33.2 Å². The van der Waals surface area contributed by atoms with E-state index in [2.05, 4.69) is 48.3 Å². The minimum absolute atomic E-state index is 0.720. The summed E-state index contributed by atoms with van der Waals surface area (Å²) in [6.07, 6.45) is 2.27. The van der Waals surface area contributed by atoms with Gasteiger partial charge in [0.25, 0.3) is 0 Å². The highest BCUT2D eigenvalue weighted by molar-refractivity contribution is 5.27. The Labute approximate surface area is 129 Å². The molecule has 1 aromatic carbocycles. The maximum absolute atomic E-state index is 5.54. The summed E-state index contributed by atoms with van der Waals surface area (Å²) in [4.78, 5) is 2.52. The normalized spacial score (nSPS) is 17.1. The lowest BCUT2D eigenvalue weighted by atomic mass is 10.0.